The smallest absolute Gasteiger partial charge is 0.142 e. The molecule has 2 nitrogen and oxygen atoms in total. The standard InChI is InChI=1S/C16H18O2/c17-14-7-8-16-9-11(14)15(18)13(16)6-5-10-3-1-2-4-12(10)16/h1-4,11,13-14,17H,5-9H2/t11-,13-,14+,16-/m0/s1. The van der Waals surface area contributed by atoms with Crippen LogP contribution in [0.3, 0.4) is 0 Å². The lowest BCUT2D eigenvalue weighted by Gasteiger charge is -2.42. The van der Waals surface area contributed by atoms with E-state index in [4.69, 9.17) is 0 Å². The van der Waals surface area contributed by atoms with Crippen LogP contribution in [0.15, 0.2) is 24.3 Å². The zero-order valence-corrected chi connectivity index (χ0v) is 10.4. The molecule has 3 aliphatic carbocycles. The number of aliphatic hydroxyl groups is 1. The van der Waals surface area contributed by atoms with Crippen LogP contribution < -0.4 is 0 Å². The number of aryl methyl sites for hydroxylation is 1. The van der Waals surface area contributed by atoms with Crippen LogP contribution in [0.2, 0.25) is 0 Å². The highest BCUT2D eigenvalue weighted by Crippen LogP contribution is 2.58. The van der Waals surface area contributed by atoms with Gasteiger partial charge in [-0.15, -0.1) is 0 Å². The minimum atomic E-state index is -0.388. The van der Waals surface area contributed by atoms with Crippen LogP contribution in [-0.4, -0.2) is 17.0 Å². The van der Waals surface area contributed by atoms with Gasteiger partial charge in [0.2, 0.25) is 0 Å². The number of carbonyl (C=O) groups is 1. The Labute approximate surface area is 107 Å². The summed E-state index contributed by atoms with van der Waals surface area (Å²) in [7, 11) is 0. The molecule has 18 heavy (non-hydrogen) atoms. The summed E-state index contributed by atoms with van der Waals surface area (Å²) in [6.45, 7) is 0. The zero-order chi connectivity index (χ0) is 12.3. The molecule has 94 valence electrons. The fraction of sp³-hybridized carbons (Fsp3) is 0.562. The van der Waals surface area contributed by atoms with Gasteiger partial charge in [-0.25, -0.2) is 0 Å². The van der Waals surface area contributed by atoms with E-state index in [0.717, 1.165) is 32.1 Å². The Bertz CT molecular complexity index is 522. The van der Waals surface area contributed by atoms with Gasteiger partial charge in [-0.3, -0.25) is 4.79 Å². The normalized spacial score (nSPS) is 41.4. The molecule has 1 aromatic carbocycles. The van der Waals surface area contributed by atoms with E-state index < -0.39 is 0 Å². The molecule has 3 aliphatic rings. The summed E-state index contributed by atoms with van der Waals surface area (Å²) >= 11 is 0. The van der Waals surface area contributed by atoms with Crippen molar-refractivity contribution in [3.63, 3.8) is 0 Å². The average molecular weight is 242 g/mol. The fourth-order valence-electron chi connectivity index (χ4n) is 4.75. The van der Waals surface area contributed by atoms with Crippen molar-refractivity contribution in [2.24, 2.45) is 11.8 Å². The van der Waals surface area contributed by atoms with Gasteiger partial charge in [-0.2, -0.15) is 0 Å². The maximum atomic E-state index is 12.5. The first-order chi connectivity index (χ1) is 8.72. The van der Waals surface area contributed by atoms with Gasteiger partial charge in [0.25, 0.3) is 0 Å². The summed E-state index contributed by atoms with van der Waals surface area (Å²) in [5.41, 5.74) is 2.90. The highest BCUT2D eigenvalue weighted by Gasteiger charge is 2.59. The van der Waals surface area contributed by atoms with Crippen molar-refractivity contribution in [3.05, 3.63) is 35.4 Å². The number of hydrogen-bond acceptors (Lipinski definition) is 2. The second-order valence-electron chi connectivity index (χ2n) is 6.22. The first-order valence-corrected chi connectivity index (χ1v) is 7.02. The van der Waals surface area contributed by atoms with Crippen LogP contribution in [0.5, 0.6) is 0 Å². The van der Waals surface area contributed by atoms with Crippen LogP contribution in [0, 0.1) is 11.8 Å². The number of carbonyl (C=O) groups excluding carboxylic acids is 1. The topological polar surface area (TPSA) is 37.3 Å². The van der Waals surface area contributed by atoms with E-state index in [-0.39, 0.29) is 23.4 Å². The maximum absolute atomic E-state index is 12.5. The highest BCUT2D eigenvalue weighted by molar-refractivity contribution is 5.89. The van der Waals surface area contributed by atoms with Crippen LogP contribution >= 0.6 is 0 Å². The Kier molecular flexibility index (Phi) is 2.06. The molecule has 0 unspecified atom stereocenters. The van der Waals surface area contributed by atoms with Gasteiger partial charge in [-0.05, 0) is 43.2 Å². The third kappa shape index (κ3) is 1.15. The lowest BCUT2D eigenvalue weighted by molar-refractivity contribution is -0.126. The van der Waals surface area contributed by atoms with Gasteiger partial charge >= 0.3 is 0 Å². The van der Waals surface area contributed by atoms with E-state index in [0.29, 0.717) is 5.78 Å². The van der Waals surface area contributed by atoms with Crippen molar-refractivity contribution in [1.29, 1.82) is 0 Å². The molecule has 4 rings (SSSR count). The SMILES string of the molecule is O=C1[C@H]2C[C@@]3(CC[C@H]2O)c2ccccc2CC[C@@H]13. The lowest BCUT2D eigenvalue weighted by Crippen LogP contribution is -2.39. The van der Waals surface area contributed by atoms with E-state index in [9.17, 15) is 9.90 Å². The highest BCUT2D eigenvalue weighted by atomic mass is 16.3. The number of ketones is 1. The Morgan fingerprint density at radius 2 is 2.06 bits per heavy atom. The molecule has 2 fully saturated rings. The van der Waals surface area contributed by atoms with Crippen LogP contribution in [-0.2, 0) is 16.6 Å². The first-order valence-electron chi connectivity index (χ1n) is 7.02. The summed E-state index contributed by atoms with van der Waals surface area (Å²) < 4.78 is 0. The van der Waals surface area contributed by atoms with Gasteiger partial charge in [0.05, 0.1) is 6.10 Å². The van der Waals surface area contributed by atoms with Gasteiger partial charge in [-0.1, -0.05) is 24.3 Å². The Hall–Kier alpha value is -1.15. The molecule has 0 heterocycles. The lowest BCUT2D eigenvalue weighted by atomic mass is 9.61. The monoisotopic (exact) mass is 242 g/mol. The molecule has 0 aliphatic heterocycles. The van der Waals surface area contributed by atoms with Gasteiger partial charge in [0, 0.05) is 17.3 Å². The molecule has 0 saturated heterocycles. The maximum Gasteiger partial charge on any atom is 0.142 e. The number of aliphatic hydroxyl groups excluding tert-OH is 1. The van der Waals surface area contributed by atoms with Crippen molar-refractivity contribution in [1.82, 2.24) is 0 Å². The van der Waals surface area contributed by atoms with E-state index in [1.807, 2.05) is 0 Å². The Morgan fingerprint density at radius 3 is 2.94 bits per heavy atom. The molecule has 1 N–H and O–H groups in total. The van der Waals surface area contributed by atoms with E-state index in [1.165, 1.54) is 11.1 Å². The number of rotatable bonds is 0. The Balaban J connectivity index is 1.90. The molecule has 0 amide bonds. The van der Waals surface area contributed by atoms with Crippen molar-refractivity contribution in [2.75, 3.05) is 0 Å². The fourth-order valence-corrected chi connectivity index (χ4v) is 4.75. The third-order valence-corrected chi connectivity index (χ3v) is 5.57. The van der Waals surface area contributed by atoms with Crippen molar-refractivity contribution >= 4 is 5.78 Å². The molecule has 1 aromatic rings. The van der Waals surface area contributed by atoms with E-state index >= 15 is 0 Å². The summed E-state index contributed by atoms with van der Waals surface area (Å²) in [6.07, 6.45) is 4.28. The number of fused-ring (bicyclic) bond motifs is 2. The van der Waals surface area contributed by atoms with Crippen molar-refractivity contribution < 1.29 is 9.90 Å². The predicted molar refractivity (Wildman–Crippen MR) is 68.3 cm³/mol. The van der Waals surface area contributed by atoms with Gasteiger partial charge in [0.15, 0.2) is 0 Å². The van der Waals surface area contributed by atoms with Gasteiger partial charge < -0.3 is 5.11 Å². The van der Waals surface area contributed by atoms with E-state index in [1.54, 1.807) is 0 Å². The number of Topliss-reactive ketones (excluding diaryl/α,β-unsaturated/α-hetero) is 1. The largest absolute Gasteiger partial charge is 0.392 e. The summed E-state index contributed by atoms with van der Waals surface area (Å²) in [6, 6.07) is 8.62. The quantitative estimate of drug-likeness (QED) is 0.757. The average Bonchev–Trinajstić information content (AvgIpc) is 2.65. The summed E-state index contributed by atoms with van der Waals surface area (Å²) in [4.78, 5) is 12.5. The second-order valence-corrected chi connectivity index (χ2v) is 6.22. The van der Waals surface area contributed by atoms with Crippen LogP contribution in [0.4, 0.5) is 0 Å². The van der Waals surface area contributed by atoms with Gasteiger partial charge in [0.1, 0.15) is 5.78 Å². The predicted octanol–water partition coefficient (Wildman–Crippen LogP) is 2.23. The molecule has 1 spiro atoms. The number of hydrogen-bond donors (Lipinski definition) is 1. The molecule has 4 atom stereocenters. The second kappa shape index (κ2) is 3.45. The summed E-state index contributed by atoms with van der Waals surface area (Å²) in [5.74, 6) is 0.430. The molecule has 0 aromatic heterocycles. The third-order valence-electron chi connectivity index (χ3n) is 5.57. The minimum absolute atomic E-state index is 0.0653. The van der Waals surface area contributed by atoms with Crippen molar-refractivity contribution in [2.45, 2.75) is 43.6 Å². The van der Waals surface area contributed by atoms with Crippen molar-refractivity contribution in [3.8, 4) is 0 Å². The molecule has 2 saturated carbocycles. The molecule has 2 bridgehead atoms. The van der Waals surface area contributed by atoms with E-state index in [2.05, 4.69) is 24.3 Å². The molecule has 0 radical (unpaired) electrons. The minimum Gasteiger partial charge on any atom is -0.392 e. The van der Waals surface area contributed by atoms with Crippen LogP contribution in [0.1, 0.15) is 36.8 Å². The molecule has 2 heteroatoms. The molecular weight excluding hydrogens is 224 g/mol. The first kappa shape index (κ1) is 10.7. The Morgan fingerprint density at radius 1 is 1.22 bits per heavy atom. The van der Waals surface area contributed by atoms with Crippen LogP contribution in [0.25, 0.3) is 0 Å². The summed E-state index contributed by atoms with van der Waals surface area (Å²) in [5, 5.41) is 10.0. The molecular formula is C16H18O2. The zero-order valence-electron chi connectivity index (χ0n) is 10.4. The number of benzene rings is 1.